The summed E-state index contributed by atoms with van der Waals surface area (Å²) in [5.74, 6) is 0.557. The van der Waals surface area contributed by atoms with Crippen molar-refractivity contribution < 1.29 is 9.13 Å². The molecule has 0 radical (unpaired) electrons. The van der Waals surface area contributed by atoms with Crippen molar-refractivity contribution in [3.8, 4) is 5.75 Å². The van der Waals surface area contributed by atoms with Gasteiger partial charge in [-0.25, -0.2) is 4.39 Å². The fraction of sp³-hybridized carbons (Fsp3) is 0.136. The summed E-state index contributed by atoms with van der Waals surface area (Å²) in [6, 6.07) is 22.0. The predicted octanol–water partition coefficient (Wildman–Crippen LogP) is 5.84. The van der Waals surface area contributed by atoms with Gasteiger partial charge >= 0.3 is 0 Å². The fourth-order valence-corrected chi connectivity index (χ4v) is 3.45. The van der Waals surface area contributed by atoms with Gasteiger partial charge < -0.3 is 4.74 Å². The van der Waals surface area contributed by atoms with E-state index in [-0.39, 0.29) is 11.9 Å². The second-order valence-electron chi connectivity index (χ2n) is 6.37. The molecule has 1 aliphatic rings. The van der Waals surface area contributed by atoms with E-state index in [0.29, 0.717) is 11.4 Å². The Kier molecular flexibility index (Phi) is 4.82. The zero-order valence-corrected chi connectivity index (χ0v) is 15.5. The predicted molar refractivity (Wildman–Crippen MR) is 107 cm³/mol. The van der Waals surface area contributed by atoms with Crippen LogP contribution in [0.4, 0.5) is 10.1 Å². The maximum Gasteiger partial charge on any atom is 0.123 e. The zero-order chi connectivity index (χ0) is 18.8. The summed E-state index contributed by atoms with van der Waals surface area (Å²) in [5, 5.41) is 7.47. The van der Waals surface area contributed by atoms with Crippen LogP contribution in [0.15, 0.2) is 77.9 Å². The maximum absolute atomic E-state index is 13.4. The minimum Gasteiger partial charge on any atom is -0.497 e. The van der Waals surface area contributed by atoms with Crippen molar-refractivity contribution >= 4 is 23.0 Å². The normalized spacial score (nSPS) is 16.3. The number of methoxy groups -OCH3 is 1. The van der Waals surface area contributed by atoms with E-state index in [4.69, 9.17) is 21.4 Å². The van der Waals surface area contributed by atoms with Crippen LogP contribution in [-0.2, 0) is 0 Å². The van der Waals surface area contributed by atoms with Gasteiger partial charge in [0.2, 0.25) is 0 Å². The summed E-state index contributed by atoms with van der Waals surface area (Å²) in [6.07, 6.45) is 0.713. The minimum atomic E-state index is -0.248. The van der Waals surface area contributed by atoms with E-state index in [9.17, 15) is 4.39 Å². The quantitative estimate of drug-likeness (QED) is 0.567. The fourth-order valence-electron chi connectivity index (χ4n) is 3.27. The molecule has 136 valence electrons. The van der Waals surface area contributed by atoms with Crippen molar-refractivity contribution in [1.82, 2.24) is 0 Å². The largest absolute Gasteiger partial charge is 0.497 e. The van der Waals surface area contributed by atoms with Gasteiger partial charge in [0, 0.05) is 11.4 Å². The number of anilines is 1. The van der Waals surface area contributed by atoms with Crippen LogP contribution in [0.25, 0.3) is 0 Å². The van der Waals surface area contributed by atoms with Crippen molar-refractivity contribution in [2.45, 2.75) is 12.5 Å². The third kappa shape index (κ3) is 3.67. The molecule has 3 aromatic rings. The number of ether oxygens (including phenoxy) is 1. The third-order valence-electron chi connectivity index (χ3n) is 4.66. The molecule has 1 aliphatic heterocycles. The lowest BCUT2D eigenvalue weighted by atomic mass is 9.98. The van der Waals surface area contributed by atoms with E-state index in [1.165, 1.54) is 12.1 Å². The Balaban J connectivity index is 1.73. The summed E-state index contributed by atoms with van der Waals surface area (Å²) in [6.45, 7) is 0. The number of hydrogen-bond acceptors (Lipinski definition) is 3. The van der Waals surface area contributed by atoms with Crippen molar-refractivity contribution in [3.63, 3.8) is 0 Å². The summed E-state index contributed by atoms with van der Waals surface area (Å²) in [7, 11) is 1.65. The van der Waals surface area contributed by atoms with Crippen molar-refractivity contribution in [3.05, 3.63) is 94.8 Å². The zero-order valence-electron chi connectivity index (χ0n) is 14.8. The number of benzene rings is 3. The molecule has 4 rings (SSSR count). The molecule has 3 aromatic carbocycles. The van der Waals surface area contributed by atoms with E-state index in [2.05, 4.69) is 0 Å². The molecule has 27 heavy (non-hydrogen) atoms. The van der Waals surface area contributed by atoms with Gasteiger partial charge in [-0.3, -0.25) is 5.01 Å². The van der Waals surface area contributed by atoms with E-state index in [1.807, 2.05) is 65.7 Å². The number of nitrogens with zero attached hydrogens (tertiary/aromatic N) is 2. The lowest BCUT2D eigenvalue weighted by Crippen LogP contribution is -2.18. The Morgan fingerprint density at radius 3 is 2.44 bits per heavy atom. The first-order valence-corrected chi connectivity index (χ1v) is 9.04. The van der Waals surface area contributed by atoms with Crippen molar-refractivity contribution in [2.75, 3.05) is 12.1 Å². The Morgan fingerprint density at radius 2 is 1.78 bits per heavy atom. The Labute approximate surface area is 162 Å². The molecular formula is C22H18ClFN2O. The first-order chi connectivity index (χ1) is 13.1. The van der Waals surface area contributed by atoms with Gasteiger partial charge in [0.15, 0.2) is 0 Å². The summed E-state index contributed by atoms with van der Waals surface area (Å²) >= 11 is 6.19. The third-order valence-corrected chi connectivity index (χ3v) is 4.90. The molecule has 1 atom stereocenters. The Hall–Kier alpha value is -2.85. The highest BCUT2D eigenvalue weighted by Gasteiger charge is 2.30. The van der Waals surface area contributed by atoms with E-state index >= 15 is 0 Å². The van der Waals surface area contributed by atoms with Gasteiger partial charge in [0.05, 0.1) is 24.6 Å². The highest BCUT2D eigenvalue weighted by Crippen LogP contribution is 2.37. The van der Waals surface area contributed by atoms with Crippen LogP contribution in [0.3, 0.4) is 0 Å². The maximum atomic E-state index is 13.4. The SMILES string of the molecule is COc1ccc(C2=NN(c3cccc(Cl)c3)C(c3ccc(F)cc3)C2)cc1. The highest BCUT2D eigenvalue weighted by molar-refractivity contribution is 6.30. The molecule has 1 unspecified atom stereocenters. The molecule has 3 nitrogen and oxygen atoms in total. The van der Waals surface area contributed by atoms with Gasteiger partial charge in [-0.1, -0.05) is 29.8 Å². The molecule has 0 saturated heterocycles. The lowest BCUT2D eigenvalue weighted by Gasteiger charge is -2.24. The van der Waals surface area contributed by atoms with Crippen LogP contribution in [-0.4, -0.2) is 12.8 Å². The first-order valence-electron chi connectivity index (χ1n) is 8.66. The molecule has 0 aliphatic carbocycles. The smallest absolute Gasteiger partial charge is 0.123 e. The Bertz CT molecular complexity index is 970. The number of rotatable bonds is 4. The summed E-state index contributed by atoms with van der Waals surface area (Å²) in [4.78, 5) is 0. The molecule has 0 spiro atoms. The van der Waals surface area contributed by atoms with Gasteiger partial charge in [-0.2, -0.15) is 5.10 Å². The molecule has 0 aromatic heterocycles. The topological polar surface area (TPSA) is 24.8 Å². The van der Waals surface area contributed by atoms with Gasteiger partial charge in [0.1, 0.15) is 11.6 Å². The van der Waals surface area contributed by atoms with Gasteiger partial charge in [-0.15, -0.1) is 0 Å². The van der Waals surface area contributed by atoms with Gasteiger partial charge in [0.25, 0.3) is 0 Å². The number of hydrogen-bond donors (Lipinski definition) is 0. The average Bonchev–Trinajstić information content (AvgIpc) is 3.14. The number of hydrazone groups is 1. The van der Waals surface area contributed by atoms with Crippen LogP contribution in [0.2, 0.25) is 5.02 Å². The van der Waals surface area contributed by atoms with E-state index in [1.54, 1.807) is 7.11 Å². The standard InChI is InChI=1S/C22H18ClFN2O/c1-27-20-11-7-15(8-12-20)21-14-22(16-5-9-18(24)10-6-16)26(25-21)19-4-2-3-17(23)13-19/h2-13,22H,14H2,1H3. The van der Waals surface area contributed by atoms with E-state index < -0.39 is 0 Å². The average molecular weight is 381 g/mol. The number of halogens is 2. The van der Waals surface area contributed by atoms with Crippen LogP contribution >= 0.6 is 11.6 Å². The Morgan fingerprint density at radius 1 is 1.04 bits per heavy atom. The molecular weight excluding hydrogens is 363 g/mol. The first kappa shape index (κ1) is 17.6. The second-order valence-corrected chi connectivity index (χ2v) is 6.81. The molecule has 5 heteroatoms. The molecule has 0 saturated carbocycles. The molecule has 0 fully saturated rings. The monoisotopic (exact) mass is 380 g/mol. The van der Waals surface area contributed by atoms with Crippen LogP contribution in [0, 0.1) is 5.82 Å². The lowest BCUT2D eigenvalue weighted by molar-refractivity contribution is 0.415. The summed E-state index contributed by atoms with van der Waals surface area (Å²) in [5.41, 5.74) is 3.91. The molecule has 0 N–H and O–H groups in total. The highest BCUT2D eigenvalue weighted by atomic mass is 35.5. The second kappa shape index (κ2) is 7.41. The minimum absolute atomic E-state index is 0.0267. The van der Waals surface area contributed by atoms with Crippen LogP contribution in [0.1, 0.15) is 23.6 Å². The van der Waals surface area contributed by atoms with Crippen molar-refractivity contribution in [2.24, 2.45) is 5.10 Å². The van der Waals surface area contributed by atoms with E-state index in [0.717, 1.165) is 28.3 Å². The van der Waals surface area contributed by atoms with Crippen molar-refractivity contribution in [1.29, 1.82) is 0 Å². The van der Waals surface area contributed by atoms with Gasteiger partial charge in [-0.05, 0) is 65.7 Å². The van der Waals surface area contributed by atoms with Crippen LogP contribution < -0.4 is 9.75 Å². The molecule has 1 heterocycles. The molecule has 0 amide bonds. The van der Waals surface area contributed by atoms with Crippen LogP contribution in [0.5, 0.6) is 5.75 Å². The molecule has 0 bridgehead atoms. The summed E-state index contributed by atoms with van der Waals surface area (Å²) < 4.78 is 18.6.